The van der Waals surface area contributed by atoms with E-state index in [4.69, 9.17) is 9.47 Å². The Kier molecular flexibility index (Phi) is 12.6. The van der Waals surface area contributed by atoms with Crippen LogP contribution in [0.4, 0.5) is 26.7 Å². The number of hydrogen-bond donors (Lipinski definition) is 4. The van der Waals surface area contributed by atoms with E-state index in [1.165, 1.54) is 0 Å². The Morgan fingerprint density at radius 1 is 0.920 bits per heavy atom. The second kappa shape index (κ2) is 16.7. The van der Waals surface area contributed by atoms with Crippen LogP contribution in [0.2, 0.25) is 0 Å². The minimum Gasteiger partial charge on any atom is -0.493 e. The maximum atomic E-state index is 14.3. The number of unbranched alkanes of at least 4 members (excludes halogenated alkanes) is 1. The number of hydrogen-bond acceptors (Lipinski definition) is 7. The predicted octanol–water partition coefficient (Wildman–Crippen LogP) is 8.86. The predicted molar refractivity (Wildman–Crippen MR) is 201 cm³/mol. The van der Waals surface area contributed by atoms with Crippen molar-refractivity contribution in [2.45, 2.75) is 98.6 Å². The molecule has 0 fully saturated rings. The number of ether oxygens (including phenoxy) is 2. The number of urea groups is 1. The third-order valence-corrected chi connectivity index (χ3v) is 8.02. The number of aliphatic hydroxyl groups is 1. The minimum atomic E-state index is -0.660. The van der Waals surface area contributed by atoms with Gasteiger partial charge in [-0.3, -0.25) is 14.7 Å². The molecule has 3 amide bonds. The molecule has 0 saturated heterocycles. The SMILES string of the molecule is CCCCn1c(=O)c(NC(=O)Nc2c(C(C)C)cc(NC(=O)OC(C)(C)C)cc2C(C)C)c(-c2cccc(OCCCO)c2)c2cccnc21. The van der Waals surface area contributed by atoms with Crippen molar-refractivity contribution < 1.29 is 24.2 Å². The number of aromatic nitrogens is 2. The van der Waals surface area contributed by atoms with Crippen LogP contribution in [0.3, 0.4) is 0 Å². The summed E-state index contributed by atoms with van der Waals surface area (Å²) in [5.41, 5.74) is 3.60. The van der Waals surface area contributed by atoms with E-state index in [1.807, 2.05) is 76.2 Å². The van der Waals surface area contributed by atoms with E-state index in [-0.39, 0.29) is 29.7 Å². The molecule has 2 aromatic heterocycles. The number of pyridine rings is 2. The summed E-state index contributed by atoms with van der Waals surface area (Å²) in [7, 11) is 0. The lowest BCUT2D eigenvalue weighted by molar-refractivity contribution is 0.0636. The summed E-state index contributed by atoms with van der Waals surface area (Å²) in [5, 5.41) is 18.8. The number of amides is 3. The number of carbonyl (C=O) groups is 2. The maximum Gasteiger partial charge on any atom is 0.412 e. The summed E-state index contributed by atoms with van der Waals surface area (Å²) in [5.74, 6) is 0.525. The van der Waals surface area contributed by atoms with E-state index >= 15 is 0 Å². The zero-order valence-corrected chi connectivity index (χ0v) is 30.5. The van der Waals surface area contributed by atoms with Crippen molar-refractivity contribution in [1.29, 1.82) is 0 Å². The molecular formula is C39H51N5O6. The van der Waals surface area contributed by atoms with Gasteiger partial charge in [0.1, 0.15) is 22.7 Å². The Balaban J connectivity index is 1.82. The molecule has 268 valence electrons. The van der Waals surface area contributed by atoms with Crippen molar-refractivity contribution in [3.63, 3.8) is 0 Å². The molecule has 0 unspecified atom stereocenters. The van der Waals surface area contributed by atoms with Crippen molar-refractivity contribution in [1.82, 2.24) is 9.55 Å². The van der Waals surface area contributed by atoms with Crippen molar-refractivity contribution >= 4 is 40.2 Å². The number of aryl methyl sites for hydroxylation is 1. The lowest BCUT2D eigenvalue weighted by Gasteiger charge is -2.24. The molecule has 4 N–H and O–H groups in total. The first-order valence-corrected chi connectivity index (χ1v) is 17.4. The van der Waals surface area contributed by atoms with Gasteiger partial charge in [0, 0.05) is 48.1 Å². The molecule has 0 aliphatic rings. The lowest BCUT2D eigenvalue weighted by Crippen LogP contribution is -2.30. The third kappa shape index (κ3) is 9.41. The van der Waals surface area contributed by atoms with Crippen molar-refractivity contribution in [2.75, 3.05) is 29.2 Å². The van der Waals surface area contributed by atoms with Crippen LogP contribution >= 0.6 is 0 Å². The summed E-state index contributed by atoms with van der Waals surface area (Å²) in [6.07, 6.45) is 3.19. The van der Waals surface area contributed by atoms with Gasteiger partial charge in [-0.1, -0.05) is 53.2 Å². The van der Waals surface area contributed by atoms with Gasteiger partial charge in [-0.25, -0.2) is 14.6 Å². The fourth-order valence-corrected chi connectivity index (χ4v) is 5.71. The average Bonchev–Trinajstić information content (AvgIpc) is 3.04. The summed E-state index contributed by atoms with van der Waals surface area (Å²) in [6.45, 7) is 16.3. The molecule has 0 saturated carbocycles. The normalized spacial score (nSPS) is 11.6. The van der Waals surface area contributed by atoms with Gasteiger partial charge >= 0.3 is 12.1 Å². The van der Waals surface area contributed by atoms with E-state index in [0.29, 0.717) is 58.9 Å². The fourth-order valence-electron chi connectivity index (χ4n) is 5.71. The van der Waals surface area contributed by atoms with Gasteiger partial charge in [-0.15, -0.1) is 0 Å². The molecule has 2 heterocycles. The first-order valence-electron chi connectivity index (χ1n) is 17.4. The quantitative estimate of drug-likeness (QED) is 0.103. The molecule has 0 bridgehead atoms. The number of anilines is 3. The number of nitrogens with zero attached hydrogens (tertiary/aromatic N) is 2. The monoisotopic (exact) mass is 685 g/mol. The van der Waals surface area contributed by atoms with Gasteiger partial charge in [0.2, 0.25) is 0 Å². The molecule has 50 heavy (non-hydrogen) atoms. The molecule has 0 aliphatic heterocycles. The first kappa shape index (κ1) is 37.9. The Morgan fingerprint density at radius 3 is 2.22 bits per heavy atom. The highest BCUT2D eigenvalue weighted by molar-refractivity contribution is 6.08. The van der Waals surface area contributed by atoms with E-state index in [0.717, 1.165) is 24.0 Å². The van der Waals surface area contributed by atoms with E-state index in [2.05, 4.69) is 27.9 Å². The minimum absolute atomic E-state index is 0.00912. The Hall–Kier alpha value is -4.90. The summed E-state index contributed by atoms with van der Waals surface area (Å²) < 4.78 is 13.0. The smallest absolute Gasteiger partial charge is 0.412 e. The van der Waals surface area contributed by atoms with Crippen molar-refractivity contribution in [3.05, 3.63) is 76.2 Å². The summed E-state index contributed by atoms with van der Waals surface area (Å²) in [6, 6.07) is 14.1. The van der Waals surface area contributed by atoms with Crippen LogP contribution in [0.1, 0.15) is 97.6 Å². The van der Waals surface area contributed by atoms with Gasteiger partial charge in [0.05, 0.1) is 6.61 Å². The van der Waals surface area contributed by atoms with Crippen molar-refractivity contribution in [2.24, 2.45) is 0 Å². The van der Waals surface area contributed by atoms with Crippen LogP contribution in [0, 0.1) is 0 Å². The Morgan fingerprint density at radius 2 is 1.60 bits per heavy atom. The van der Waals surface area contributed by atoms with Crippen molar-refractivity contribution in [3.8, 4) is 16.9 Å². The van der Waals surface area contributed by atoms with E-state index in [1.54, 1.807) is 31.5 Å². The molecule has 2 aromatic carbocycles. The number of rotatable bonds is 13. The standard InChI is InChI=1S/C39H51N5O6/c1-9-10-18-44-35-29(16-12-17-40-35)32(26-14-11-15-28(21-26)49-20-13-19-45)34(36(44)46)43-37(47)42-33-30(24(2)3)22-27(23-31(33)25(4)5)41-38(48)50-39(6,7)8/h11-12,14-17,21-25,45H,9-10,13,18-20H2,1-8H3,(H,41,48)(H2,42,43,47). The first-order chi connectivity index (χ1) is 23.7. The highest BCUT2D eigenvalue weighted by atomic mass is 16.6. The topological polar surface area (TPSA) is 144 Å². The third-order valence-electron chi connectivity index (χ3n) is 8.02. The lowest BCUT2D eigenvalue weighted by atomic mass is 9.91. The highest BCUT2D eigenvalue weighted by Gasteiger charge is 2.24. The molecule has 4 aromatic rings. The van der Waals surface area contributed by atoms with Crippen LogP contribution in [-0.2, 0) is 11.3 Å². The van der Waals surface area contributed by atoms with Gasteiger partial charge in [0.25, 0.3) is 5.56 Å². The molecule has 11 nitrogen and oxygen atoms in total. The molecule has 4 rings (SSSR count). The second-order valence-electron chi connectivity index (χ2n) is 13.9. The Labute approximate surface area is 294 Å². The zero-order valence-electron chi connectivity index (χ0n) is 30.5. The van der Waals surface area contributed by atoms with Crippen LogP contribution in [0.15, 0.2) is 59.5 Å². The zero-order chi connectivity index (χ0) is 36.6. The second-order valence-corrected chi connectivity index (χ2v) is 13.9. The largest absolute Gasteiger partial charge is 0.493 e. The number of carbonyl (C=O) groups excluding carboxylic acids is 2. The molecule has 0 atom stereocenters. The van der Waals surface area contributed by atoms with Gasteiger partial charge in [-0.2, -0.15) is 0 Å². The highest BCUT2D eigenvalue weighted by Crippen LogP contribution is 2.38. The number of fused-ring (bicyclic) bond motifs is 1. The van der Waals surface area contributed by atoms with E-state index < -0.39 is 17.7 Å². The fraction of sp³-hybridized carbons (Fsp3) is 0.436. The summed E-state index contributed by atoms with van der Waals surface area (Å²) in [4.78, 5) is 45.6. The number of aliphatic hydroxyl groups excluding tert-OH is 1. The number of nitrogens with one attached hydrogen (secondary N) is 3. The molecule has 11 heteroatoms. The Bertz CT molecular complexity index is 1850. The van der Waals surface area contributed by atoms with Crippen LogP contribution in [-0.4, -0.2) is 45.6 Å². The molecule has 0 aliphatic carbocycles. The van der Waals surface area contributed by atoms with Gasteiger partial charge in [0.15, 0.2) is 0 Å². The van der Waals surface area contributed by atoms with E-state index in [9.17, 15) is 19.5 Å². The molecule has 0 spiro atoms. The van der Waals surface area contributed by atoms with Gasteiger partial charge in [-0.05, 0) is 92.1 Å². The molecule has 0 radical (unpaired) electrons. The summed E-state index contributed by atoms with van der Waals surface area (Å²) >= 11 is 0. The number of benzene rings is 2. The van der Waals surface area contributed by atoms with Crippen LogP contribution in [0.5, 0.6) is 5.75 Å². The average molecular weight is 686 g/mol. The maximum absolute atomic E-state index is 14.3. The van der Waals surface area contributed by atoms with Crippen LogP contribution in [0.25, 0.3) is 22.2 Å². The van der Waals surface area contributed by atoms with Gasteiger partial charge < -0.3 is 25.2 Å². The molecular weight excluding hydrogens is 634 g/mol. The van der Waals surface area contributed by atoms with Crippen LogP contribution < -0.4 is 26.2 Å².